The van der Waals surface area contributed by atoms with E-state index in [1.165, 1.54) is 0 Å². The van der Waals surface area contributed by atoms with Crippen molar-refractivity contribution in [1.82, 2.24) is 19.5 Å². The second-order valence-electron chi connectivity index (χ2n) is 7.64. The zero-order valence-corrected chi connectivity index (χ0v) is 18.2. The van der Waals surface area contributed by atoms with E-state index in [-0.39, 0.29) is 5.56 Å². The molecule has 0 fully saturated rings. The van der Waals surface area contributed by atoms with Crippen LogP contribution in [0.25, 0.3) is 27.7 Å². The quantitative estimate of drug-likeness (QED) is 0.452. The summed E-state index contributed by atoms with van der Waals surface area (Å²) in [5, 5.41) is 4.57. The van der Waals surface area contributed by atoms with E-state index in [1.807, 2.05) is 54.6 Å². The van der Waals surface area contributed by atoms with Crippen molar-refractivity contribution in [2.45, 2.75) is 20.3 Å². The third-order valence-electron chi connectivity index (χ3n) is 5.70. The summed E-state index contributed by atoms with van der Waals surface area (Å²) in [4.78, 5) is 20.4. The smallest absolute Gasteiger partial charge is 0.258 e. The molecule has 3 aromatic heterocycles. The highest BCUT2D eigenvalue weighted by Gasteiger charge is 2.20. The molecule has 0 spiro atoms. The lowest BCUT2D eigenvalue weighted by Gasteiger charge is -2.12. The monoisotopic (exact) mass is 430 g/mol. The van der Waals surface area contributed by atoms with Crippen LogP contribution in [0.15, 0.2) is 51.9 Å². The fraction of sp³-hybridized carbons (Fsp3) is 0.208. The molecule has 32 heavy (non-hydrogen) atoms. The van der Waals surface area contributed by atoms with Crippen molar-refractivity contribution >= 4 is 16.6 Å². The molecule has 2 aromatic carbocycles. The maximum absolute atomic E-state index is 12.9. The molecule has 0 bridgehead atoms. The van der Waals surface area contributed by atoms with E-state index >= 15 is 0 Å². The molecular formula is C24H22N4O4. The minimum Gasteiger partial charge on any atom is -0.497 e. The molecular weight excluding hydrogens is 408 g/mol. The third kappa shape index (κ3) is 3.11. The molecule has 0 saturated carbocycles. The number of hydrogen-bond donors (Lipinski definition) is 1. The first-order valence-electron chi connectivity index (χ1n) is 10.2. The van der Waals surface area contributed by atoms with Gasteiger partial charge in [-0.05, 0) is 37.6 Å². The molecule has 162 valence electrons. The molecule has 0 atom stereocenters. The largest absolute Gasteiger partial charge is 0.497 e. The lowest BCUT2D eigenvalue weighted by atomic mass is 10.0. The summed E-state index contributed by atoms with van der Waals surface area (Å²) < 4.78 is 18.2. The number of hydrogen-bond acceptors (Lipinski definition) is 6. The van der Waals surface area contributed by atoms with Gasteiger partial charge < -0.3 is 19.0 Å². The van der Waals surface area contributed by atoms with Gasteiger partial charge in [-0.15, -0.1) is 0 Å². The van der Waals surface area contributed by atoms with Gasteiger partial charge in [-0.1, -0.05) is 17.3 Å². The zero-order valence-electron chi connectivity index (χ0n) is 18.2. The van der Waals surface area contributed by atoms with E-state index in [0.717, 1.165) is 39.5 Å². The maximum atomic E-state index is 12.9. The summed E-state index contributed by atoms with van der Waals surface area (Å²) in [6.07, 6.45) is 2.27. The van der Waals surface area contributed by atoms with E-state index in [2.05, 4.69) is 15.1 Å². The van der Waals surface area contributed by atoms with Crippen LogP contribution in [0.3, 0.4) is 0 Å². The first-order valence-corrected chi connectivity index (χ1v) is 10.2. The second kappa shape index (κ2) is 7.56. The Morgan fingerprint density at radius 3 is 2.53 bits per heavy atom. The zero-order chi connectivity index (χ0) is 22.4. The number of nitrogens with zero attached hydrogens (tertiary/aromatic N) is 3. The van der Waals surface area contributed by atoms with Crippen LogP contribution in [-0.2, 0) is 6.42 Å². The Morgan fingerprint density at radius 1 is 1.09 bits per heavy atom. The summed E-state index contributed by atoms with van der Waals surface area (Å²) in [6.45, 7) is 3.71. The summed E-state index contributed by atoms with van der Waals surface area (Å²) in [6, 6.07) is 11.6. The molecule has 0 aliphatic heterocycles. The predicted molar refractivity (Wildman–Crippen MR) is 121 cm³/mol. The van der Waals surface area contributed by atoms with Gasteiger partial charge in [0.25, 0.3) is 5.56 Å². The van der Waals surface area contributed by atoms with E-state index in [4.69, 9.17) is 14.0 Å². The Hall–Kier alpha value is -4.07. The van der Waals surface area contributed by atoms with Gasteiger partial charge in [0, 0.05) is 18.1 Å². The van der Waals surface area contributed by atoms with Crippen LogP contribution in [0.2, 0.25) is 0 Å². The Kier molecular flexibility index (Phi) is 4.70. The van der Waals surface area contributed by atoms with Crippen molar-refractivity contribution in [3.63, 3.8) is 0 Å². The lowest BCUT2D eigenvalue weighted by Crippen LogP contribution is -2.11. The van der Waals surface area contributed by atoms with Crippen LogP contribution < -0.4 is 15.0 Å². The predicted octanol–water partition coefficient (Wildman–Crippen LogP) is 4.06. The fourth-order valence-corrected chi connectivity index (χ4v) is 4.15. The number of fused-ring (bicyclic) bond motifs is 3. The number of H-pyrrole nitrogens is 1. The van der Waals surface area contributed by atoms with Gasteiger partial charge in [-0.3, -0.25) is 9.20 Å². The van der Waals surface area contributed by atoms with Crippen molar-refractivity contribution in [2.24, 2.45) is 0 Å². The van der Waals surface area contributed by atoms with Crippen molar-refractivity contribution in [3.05, 3.63) is 75.8 Å². The van der Waals surface area contributed by atoms with E-state index < -0.39 is 0 Å². The molecule has 8 heteroatoms. The standard InChI is InChI=1S/C24H22N4O4/c1-13-23(14(2)32-27-13)18-10-17-19(11-20(18)31-4)28-21(25-12-22(28)26-24(17)29)9-15-5-7-16(30-3)8-6-15/h5-8,10-12H,9H2,1-4H3,(H,26,29). The molecule has 1 N–H and O–H groups in total. The van der Waals surface area contributed by atoms with Gasteiger partial charge in [-0.25, -0.2) is 4.98 Å². The molecule has 0 aliphatic carbocycles. The van der Waals surface area contributed by atoms with Crippen LogP contribution in [0.5, 0.6) is 11.5 Å². The minimum absolute atomic E-state index is 0.195. The summed E-state index contributed by atoms with van der Waals surface area (Å²) in [7, 11) is 3.25. The van der Waals surface area contributed by atoms with E-state index in [1.54, 1.807) is 20.4 Å². The lowest BCUT2D eigenvalue weighted by molar-refractivity contribution is 0.393. The molecule has 0 radical (unpaired) electrons. The number of imidazole rings is 1. The maximum Gasteiger partial charge on any atom is 0.258 e. The summed E-state index contributed by atoms with van der Waals surface area (Å²) in [5.74, 6) is 2.90. The van der Waals surface area contributed by atoms with Crippen molar-refractivity contribution in [1.29, 1.82) is 0 Å². The van der Waals surface area contributed by atoms with Gasteiger partial charge in [0.15, 0.2) is 0 Å². The Morgan fingerprint density at radius 2 is 1.88 bits per heavy atom. The van der Waals surface area contributed by atoms with Gasteiger partial charge in [0.2, 0.25) is 0 Å². The van der Waals surface area contributed by atoms with Crippen molar-refractivity contribution in [2.75, 3.05) is 14.2 Å². The average molecular weight is 430 g/mol. The van der Waals surface area contributed by atoms with Gasteiger partial charge in [0.05, 0.1) is 42.6 Å². The third-order valence-corrected chi connectivity index (χ3v) is 5.70. The highest BCUT2D eigenvalue weighted by molar-refractivity contribution is 5.90. The number of aromatic amines is 1. The number of benzene rings is 2. The Balaban J connectivity index is 1.73. The Labute approximate surface area is 183 Å². The van der Waals surface area contributed by atoms with Crippen LogP contribution >= 0.6 is 0 Å². The van der Waals surface area contributed by atoms with Crippen LogP contribution in [0, 0.1) is 13.8 Å². The van der Waals surface area contributed by atoms with Crippen molar-refractivity contribution < 1.29 is 14.0 Å². The van der Waals surface area contributed by atoms with Crippen LogP contribution in [0.4, 0.5) is 0 Å². The molecule has 5 rings (SSSR count). The second-order valence-corrected chi connectivity index (χ2v) is 7.64. The average Bonchev–Trinajstić information content (AvgIpc) is 3.35. The number of aryl methyl sites for hydroxylation is 2. The van der Waals surface area contributed by atoms with Crippen LogP contribution in [0.1, 0.15) is 22.8 Å². The molecule has 5 aromatic rings. The van der Waals surface area contributed by atoms with E-state index in [9.17, 15) is 4.79 Å². The number of nitrogens with one attached hydrogen (secondary N) is 1. The summed E-state index contributed by atoms with van der Waals surface area (Å²) in [5.41, 5.74) is 4.55. The number of rotatable bonds is 5. The number of ether oxygens (including phenoxy) is 2. The fourth-order valence-electron chi connectivity index (χ4n) is 4.15. The van der Waals surface area contributed by atoms with Gasteiger partial charge >= 0.3 is 0 Å². The SMILES string of the molecule is COc1ccc(Cc2ncc3[nH]c(=O)c4cc(-c5c(C)noc5C)c(OC)cc4n23)cc1. The van der Waals surface area contributed by atoms with Crippen LogP contribution in [-0.4, -0.2) is 33.7 Å². The molecule has 0 aliphatic rings. The molecule has 0 saturated heterocycles. The number of methoxy groups -OCH3 is 2. The molecule has 3 heterocycles. The highest BCUT2D eigenvalue weighted by atomic mass is 16.5. The minimum atomic E-state index is -0.195. The topological polar surface area (TPSA) is 94.7 Å². The molecule has 8 nitrogen and oxygen atoms in total. The van der Waals surface area contributed by atoms with E-state index in [0.29, 0.717) is 29.0 Å². The first kappa shape index (κ1) is 19.9. The molecule has 0 amide bonds. The van der Waals surface area contributed by atoms with Crippen molar-refractivity contribution in [3.8, 4) is 22.6 Å². The highest BCUT2D eigenvalue weighted by Crippen LogP contribution is 2.37. The van der Waals surface area contributed by atoms with Gasteiger partial charge in [0.1, 0.15) is 28.7 Å². The molecule has 0 unspecified atom stereocenters. The summed E-state index contributed by atoms with van der Waals surface area (Å²) >= 11 is 0. The Bertz CT molecular complexity index is 1490. The van der Waals surface area contributed by atoms with Gasteiger partial charge in [-0.2, -0.15) is 0 Å². The number of aromatic nitrogens is 4. The normalized spacial score (nSPS) is 11.4. The first-order chi connectivity index (χ1) is 15.5.